The Labute approximate surface area is 163 Å². The molecule has 1 heterocycles. The van der Waals surface area contributed by atoms with Gasteiger partial charge in [0, 0.05) is 26.2 Å². The third kappa shape index (κ3) is 5.74. The lowest BCUT2D eigenvalue weighted by Gasteiger charge is -2.26. The molecule has 2 N–H and O–H groups in total. The summed E-state index contributed by atoms with van der Waals surface area (Å²) in [6.07, 6.45) is 0. The lowest BCUT2D eigenvalue weighted by atomic mass is 10.1. The van der Waals surface area contributed by atoms with E-state index in [9.17, 15) is 13.6 Å². The lowest BCUT2D eigenvalue weighted by molar-refractivity contribution is 0.0342. The first-order valence-electron chi connectivity index (χ1n) is 9.38. The maximum absolute atomic E-state index is 13.3. The highest BCUT2D eigenvalue weighted by Crippen LogP contribution is 2.16. The molecule has 0 bridgehead atoms. The van der Waals surface area contributed by atoms with E-state index in [2.05, 4.69) is 27.7 Å². The van der Waals surface area contributed by atoms with Gasteiger partial charge < -0.3 is 15.4 Å². The summed E-state index contributed by atoms with van der Waals surface area (Å²) in [6, 6.07) is 10.9. The largest absolute Gasteiger partial charge is 0.379 e. The molecular formula is C21H25F2N3O2. The molecular weight excluding hydrogens is 364 g/mol. The monoisotopic (exact) mass is 389 g/mol. The van der Waals surface area contributed by atoms with Crippen LogP contribution in [0.2, 0.25) is 0 Å². The number of rotatable bonds is 6. The summed E-state index contributed by atoms with van der Waals surface area (Å²) in [5.41, 5.74) is 2.71. The summed E-state index contributed by atoms with van der Waals surface area (Å²) in [4.78, 5) is 14.4. The molecule has 1 saturated heterocycles. The van der Waals surface area contributed by atoms with Gasteiger partial charge in [0.25, 0.3) is 0 Å². The Bertz CT molecular complexity index is 793. The van der Waals surface area contributed by atoms with E-state index < -0.39 is 17.7 Å². The first kappa shape index (κ1) is 20.2. The van der Waals surface area contributed by atoms with Crippen molar-refractivity contribution in [3.05, 3.63) is 70.8 Å². The topological polar surface area (TPSA) is 53.6 Å². The van der Waals surface area contributed by atoms with Crippen LogP contribution >= 0.6 is 0 Å². The fourth-order valence-corrected chi connectivity index (χ4v) is 3.08. The molecule has 2 amide bonds. The summed E-state index contributed by atoms with van der Waals surface area (Å²) in [7, 11) is 0. The summed E-state index contributed by atoms with van der Waals surface area (Å²) >= 11 is 0. The number of amides is 2. The zero-order valence-electron chi connectivity index (χ0n) is 15.9. The first-order chi connectivity index (χ1) is 13.5. The Morgan fingerprint density at radius 2 is 1.75 bits per heavy atom. The first-order valence-corrected chi connectivity index (χ1v) is 9.38. The molecule has 28 heavy (non-hydrogen) atoms. The summed E-state index contributed by atoms with van der Waals surface area (Å²) in [5, 5.41) is 5.50. The van der Waals surface area contributed by atoms with Gasteiger partial charge in [0.1, 0.15) is 0 Å². The molecule has 2 aromatic rings. The van der Waals surface area contributed by atoms with Gasteiger partial charge in [-0.05, 0) is 35.7 Å². The number of nitrogens with zero attached hydrogens (tertiary/aromatic N) is 1. The number of benzene rings is 2. The number of carbonyl (C=O) groups is 1. The zero-order valence-corrected chi connectivity index (χ0v) is 15.9. The van der Waals surface area contributed by atoms with Gasteiger partial charge in [0.05, 0.1) is 19.3 Å². The van der Waals surface area contributed by atoms with E-state index in [1.165, 1.54) is 11.6 Å². The average Bonchev–Trinajstić information content (AvgIpc) is 2.70. The maximum Gasteiger partial charge on any atom is 0.315 e. The standard InChI is InChI=1S/C21H25F2N3O2/c1-15(18-6-7-19(22)20(23)12-18)25-21(27)24-13-16-2-4-17(5-3-16)14-26-8-10-28-11-9-26/h2-7,12,15H,8-11,13-14H2,1H3,(H2,24,25,27). The molecule has 0 saturated carbocycles. The van der Waals surface area contributed by atoms with E-state index in [1.54, 1.807) is 6.92 Å². The minimum atomic E-state index is -0.927. The van der Waals surface area contributed by atoms with Gasteiger partial charge >= 0.3 is 6.03 Å². The Morgan fingerprint density at radius 3 is 2.43 bits per heavy atom. The lowest BCUT2D eigenvalue weighted by Crippen LogP contribution is -2.36. The van der Waals surface area contributed by atoms with Gasteiger partial charge in [-0.3, -0.25) is 4.90 Å². The third-order valence-corrected chi connectivity index (χ3v) is 4.78. The van der Waals surface area contributed by atoms with Gasteiger partial charge in [-0.15, -0.1) is 0 Å². The molecule has 7 heteroatoms. The molecule has 1 unspecified atom stereocenters. The number of halogens is 2. The van der Waals surface area contributed by atoms with Crippen LogP contribution in [0.15, 0.2) is 42.5 Å². The van der Waals surface area contributed by atoms with Crippen LogP contribution in [0.3, 0.4) is 0 Å². The molecule has 150 valence electrons. The van der Waals surface area contributed by atoms with Gasteiger partial charge in [-0.25, -0.2) is 13.6 Å². The number of ether oxygens (including phenoxy) is 1. The summed E-state index contributed by atoms with van der Waals surface area (Å²) in [5.74, 6) is -1.83. The van der Waals surface area contributed by atoms with E-state index in [-0.39, 0.29) is 6.03 Å². The van der Waals surface area contributed by atoms with Crippen LogP contribution in [-0.2, 0) is 17.8 Å². The second-order valence-corrected chi connectivity index (χ2v) is 6.93. The van der Waals surface area contributed by atoms with E-state index in [0.29, 0.717) is 12.1 Å². The SMILES string of the molecule is CC(NC(=O)NCc1ccc(CN2CCOCC2)cc1)c1ccc(F)c(F)c1. The molecule has 5 nitrogen and oxygen atoms in total. The average molecular weight is 389 g/mol. The van der Waals surface area contributed by atoms with Crippen LogP contribution in [0.5, 0.6) is 0 Å². The van der Waals surface area contributed by atoms with E-state index in [4.69, 9.17) is 4.74 Å². The Balaban J connectivity index is 1.45. The highest BCUT2D eigenvalue weighted by atomic mass is 19.2. The Morgan fingerprint density at radius 1 is 1.07 bits per heavy atom. The molecule has 1 atom stereocenters. The van der Waals surface area contributed by atoms with Crippen LogP contribution in [-0.4, -0.2) is 37.2 Å². The number of carbonyl (C=O) groups excluding carboxylic acids is 1. The van der Waals surface area contributed by atoms with Crippen LogP contribution < -0.4 is 10.6 Å². The van der Waals surface area contributed by atoms with Crippen molar-refractivity contribution in [2.75, 3.05) is 26.3 Å². The molecule has 3 rings (SSSR count). The second kappa shape index (κ2) is 9.61. The van der Waals surface area contributed by atoms with Crippen molar-refractivity contribution in [2.45, 2.75) is 26.1 Å². The number of hydrogen-bond acceptors (Lipinski definition) is 3. The third-order valence-electron chi connectivity index (χ3n) is 4.78. The predicted octanol–water partition coefficient (Wildman–Crippen LogP) is 3.36. The smallest absolute Gasteiger partial charge is 0.315 e. The molecule has 1 aliphatic heterocycles. The second-order valence-electron chi connectivity index (χ2n) is 6.93. The minimum absolute atomic E-state index is 0.366. The van der Waals surface area contributed by atoms with Crippen molar-refractivity contribution >= 4 is 6.03 Å². The highest BCUT2D eigenvalue weighted by molar-refractivity contribution is 5.74. The Hall–Kier alpha value is -2.51. The molecule has 0 aliphatic carbocycles. The fourth-order valence-electron chi connectivity index (χ4n) is 3.08. The van der Waals surface area contributed by atoms with Crippen LogP contribution in [0.1, 0.15) is 29.7 Å². The van der Waals surface area contributed by atoms with Gasteiger partial charge in [-0.1, -0.05) is 30.3 Å². The highest BCUT2D eigenvalue weighted by Gasteiger charge is 2.12. The van der Waals surface area contributed by atoms with Crippen molar-refractivity contribution in [1.82, 2.24) is 15.5 Å². The number of urea groups is 1. The fraction of sp³-hybridized carbons (Fsp3) is 0.381. The van der Waals surface area contributed by atoms with Crippen LogP contribution in [0, 0.1) is 11.6 Å². The van der Waals surface area contributed by atoms with Crippen LogP contribution in [0.4, 0.5) is 13.6 Å². The van der Waals surface area contributed by atoms with Gasteiger partial charge in [0.15, 0.2) is 11.6 Å². The summed E-state index contributed by atoms with van der Waals surface area (Å²) in [6.45, 7) is 6.43. The normalized spacial score (nSPS) is 15.8. The number of nitrogens with one attached hydrogen (secondary N) is 2. The van der Waals surface area contributed by atoms with Crippen molar-refractivity contribution in [2.24, 2.45) is 0 Å². The van der Waals surface area contributed by atoms with E-state index >= 15 is 0 Å². The Kier molecular flexibility index (Phi) is 6.95. The van der Waals surface area contributed by atoms with Gasteiger partial charge in [0.2, 0.25) is 0 Å². The summed E-state index contributed by atoms with van der Waals surface area (Å²) < 4.78 is 31.7. The van der Waals surface area contributed by atoms with Crippen molar-refractivity contribution < 1.29 is 18.3 Å². The minimum Gasteiger partial charge on any atom is -0.379 e. The molecule has 2 aromatic carbocycles. The predicted molar refractivity (Wildman–Crippen MR) is 103 cm³/mol. The molecule has 0 spiro atoms. The quantitative estimate of drug-likeness (QED) is 0.797. The molecule has 1 fully saturated rings. The molecule has 1 aliphatic rings. The van der Waals surface area contributed by atoms with Crippen molar-refractivity contribution in [1.29, 1.82) is 0 Å². The van der Waals surface area contributed by atoms with Crippen molar-refractivity contribution in [3.8, 4) is 0 Å². The zero-order chi connectivity index (χ0) is 19.9. The van der Waals surface area contributed by atoms with Crippen molar-refractivity contribution in [3.63, 3.8) is 0 Å². The van der Waals surface area contributed by atoms with Crippen LogP contribution in [0.25, 0.3) is 0 Å². The number of morpholine rings is 1. The van der Waals surface area contributed by atoms with Gasteiger partial charge in [-0.2, -0.15) is 0 Å². The van der Waals surface area contributed by atoms with E-state index in [0.717, 1.165) is 50.5 Å². The molecule has 0 radical (unpaired) electrons. The van der Waals surface area contributed by atoms with E-state index in [1.807, 2.05) is 12.1 Å². The molecule has 0 aromatic heterocycles. The maximum atomic E-state index is 13.3. The number of hydrogen-bond donors (Lipinski definition) is 2.